The van der Waals surface area contributed by atoms with Crippen molar-refractivity contribution in [2.45, 2.75) is 13.8 Å². The smallest absolute Gasteiger partial charge is 0.312 e. The van der Waals surface area contributed by atoms with Crippen LogP contribution in [-0.2, 0) is 0 Å². The van der Waals surface area contributed by atoms with E-state index in [4.69, 9.17) is 47.4 Å². The minimum Gasteiger partial charge on any atom is -0.577 e. The molecule has 0 aromatic carbocycles. The third-order valence-corrected chi connectivity index (χ3v) is 14.5. The molecule has 0 amide bonds. The monoisotopic (exact) mass is 732 g/mol. The van der Waals surface area contributed by atoms with Crippen molar-refractivity contribution in [1.82, 2.24) is 0 Å². The molecule has 10 heterocycles. The van der Waals surface area contributed by atoms with Gasteiger partial charge in [-0.1, -0.05) is 0 Å². The summed E-state index contributed by atoms with van der Waals surface area (Å²) in [6.45, 7) is 9.43. The van der Waals surface area contributed by atoms with E-state index in [-0.39, 0.29) is 0 Å². The average molecular weight is 733 g/mol. The first kappa shape index (κ1) is 28.5. The van der Waals surface area contributed by atoms with E-state index >= 15 is 0 Å². The van der Waals surface area contributed by atoms with Crippen LogP contribution in [0.15, 0.2) is 0 Å². The van der Waals surface area contributed by atoms with Gasteiger partial charge in [-0.15, -0.1) is 56.7 Å². The lowest BCUT2D eigenvalue weighted by Gasteiger charge is -2.19. The van der Waals surface area contributed by atoms with Crippen molar-refractivity contribution < 1.29 is 47.4 Å². The van der Waals surface area contributed by atoms with Crippen molar-refractivity contribution >= 4 is 56.7 Å². The van der Waals surface area contributed by atoms with Gasteiger partial charge in [0, 0.05) is 0 Å². The molecule has 15 heteroatoms. The maximum Gasteiger partial charge on any atom is 0.312 e. The lowest BCUT2D eigenvalue weighted by atomic mass is 10.2. The Kier molecular flexibility index (Phi) is 6.68. The summed E-state index contributed by atoms with van der Waals surface area (Å²) in [4.78, 5) is 10.0. The summed E-state index contributed by atoms with van der Waals surface area (Å²) in [7, 11) is 0. The number of aryl methyl sites for hydroxylation is 2. The minimum absolute atomic E-state index is 0.454. The third-order valence-electron chi connectivity index (χ3n) is 8.26. The Bertz CT molecular complexity index is 1920. The molecule has 5 aliphatic rings. The number of aromatic hydroxyl groups is 2. The van der Waals surface area contributed by atoms with Gasteiger partial charge < -0.3 is 47.4 Å². The van der Waals surface area contributed by atoms with Crippen LogP contribution in [0.3, 0.4) is 0 Å². The van der Waals surface area contributed by atoms with Gasteiger partial charge in [0.1, 0.15) is 59.1 Å². The van der Waals surface area contributed by atoms with Gasteiger partial charge in [0.2, 0.25) is 24.7 Å². The Labute approximate surface area is 288 Å². The number of rotatable bonds is 4. The first-order chi connectivity index (χ1) is 23.2. The van der Waals surface area contributed by atoms with E-state index in [1.54, 1.807) is 56.7 Å². The molecule has 0 saturated carbocycles. The molecule has 0 aliphatic carbocycles. The molecule has 10 rings (SSSR count). The Morgan fingerprint density at radius 1 is 0.340 bits per heavy atom. The zero-order chi connectivity index (χ0) is 31.2. The first-order valence-corrected chi connectivity index (χ1v) is 19.4. The van der Waals surface area contributed by atoms with Gasteiger partial charge in [-0.3, -0.25) is 0 Å². The van der Waals surface area contributed by atoms with Crippen LogP contribution >= 0.6 is 56.7 Å². The second-order valence-corrected chi connectivity index (χ2v) is 16.6. The number of hydrogen-bond donors (Lipinski definition) is 0. The fraction of sp³-hybridized carbons (Fsp3) is 0.375. The van der Waals surface area contributed by atoms with Gasteiger partial charge in [0.25, 0.3) is 0 Å². The summed E-state index contributed by atoms with van der Waals surface area (Å²) < 4.78 is 59.9. The molecule has 0 atom stereocenters. The van der Waals surface area contributed by atoms with Crippen LogP contribution in [0.2, 0.25) is 0 Å². The highest BCUT2D eigenvalue weighted by Gasteiger charge is 2.40. The lowest BCUT2D eigenvalue weighted by molar-refractivity contribution is 0.0108. The number of hydrogen-bond acceptors (Lipinski definition) is 13. The normalized spacial score (nSPS) is 17.1. The fourth-order valence-corrected chi connectivity index (χ4v) is 12.5. The van der Waals surface area contributed by atoms with Crippen LogP contribution in [0, 0.1) is 13.8 Å². The molecule has 0 fully saturated rings. The number of fused-ring (bicyclic) bond motifs is 5. The third kappa shape index (κ3) is 4.29. The standard InChI is InChI=1S/C32H26O10S5/c1-13-15-17(35-5-3-33-15)25(43-13)27-19-21(39-9-7-37-19)29(45-27)31-23-24(42-12-11-41-23)32(47-31)30-22-20(38-8-10-40-22)28(46-30)26-18-16(14(2)44-26)34-4-6-36-18/h3-12H2,1-2H3/p+2. The fourth-order valence-electron chi connectivity index (χ4n) is 6.32. The molecule has 0 bridgehead atoms. The molecule has 244 valence electrons. The Balaban J connectivity index is 1.15. The highest BCUT2D eigenvalue weighted by atomic mass is 32.1. The second-order valence-electron chi connectivity index (χ2n) is 11.1. The summed E-state index contributed by atoms with van der Waals surface area (Å²) in [6.07, 6.45) is 0. The number of aliphatic hydroxyl groups is 2. The summed E-state index contributed by atoms with van der Waals surface area (Å²) >= 11 is 8.25. The van der Waals surface area contributed by atoms with Crippen LogP contribution < -0.4 is 37.9 Å². The molecule has 5 aliphatic heterocycles. The Morgan fingerprint density at radius 2 is 0.596 bits per heavy atom. The molecule has 0 unspecified atom stereocenters. The topological polar surface area (TPSA) is 99.4 Å². The van der Waals surface area contributed by atoms with E-state index in [1.807, 2.05) is 0 Å². The molecular weight excluding hydrogens is 705 g/mol. The van der Waals surface area contributed by atoms with Crippen molar-refractivity contribution in [3.63, 3.8) is 0 Å². The van der Waals surface area contributed by atoms with Crippen LogP contribution in [0.1, 0.15) is 9.75 Å². The molecule has 0 spiro atoms. The van der Waals surface area contributed by atoms with Crippen LogP contribution in [0.4, 0.5) is 0 Å². The summed E-state index contributed by atoms with van der Waals surface area (Å²) in [5.41, 5.74) is 0. The number of ether oxygens (including phenoxy) is 10. The SMILES string of the molecule is Cc1sc(-c2sc(-c3sc(-c4sc(-c5sc(C)c6c5OCC[OH+]6)c5c4OCCO5)c4c3OCCO4)c3c2OCCO3)c2c1[OH+]CCO2. The highest BCUT2D eigenvalue weighted by Crippen LogP contribution is 2.67. The predicted octanol–water partition coefficient (Wildman–Crippen LogP) is 7.86. The van der Waals surface area contributed by atoms with Gasteiger partial charge >= 0.3 is 11.5 Å². The average Bonchev–Trinajstić information content (AvgIpc) is 3.92. The predicted molar refractivity (Wildman–Crippen MR) is 184 cm³/mol. The number of thiophene rings is 5. The quantitative estimate of drug-likeness (QED) is 0.172. The van der Waals surface area contributed by atoms with Crippen molar-refractivity contribution in [2.75, 3.05) is 66.1 Å². The van der Waals surface area contributed by atoms with Gasteiger partial charge in [-0.2, -0.15) is 0 Å². The van der Waals surface area contributed by atoms with E-state index in [9.17, 15) is 0 Å². The van der Waals surface area contributed by atoms with Crippen molar-refractivity contribution in [3.8, 4) is 96.5 Å². The van der Waals surface area contributed by atoms with Gasteiger partial charge in [0.15, 0.2) is 47.7 Å². The minimum atomic E-state index is 0.454. The van der Waals surface area contributed by atoms with Crippen LogP contribution in [-0.4, -0.2) is 75.5 Å². The zero-order valence-corrected chi connectivity index (χ0v) is 29.4. The van der Waals surface area contributed by atoms with E-state index < -0.39 is 0 Å². The van der Waals surface area contributed by atoms with E-state index in [2.05, 4.69) is 13.8 Å². The maximum absolute atomic E-state index is 6.39. The van der Waals surface area contributed by atoms with Gasteiger partial charge in [0.05, 0.1) is 29.3 Å². The van der Waals surface area contributed by atoms with Gasteiger partial charge in [-0.05, 0) is 13.8 Å². The second kappa shape index (κ2) is 11.0. The van der Waals surface area contributed by atoms with E-state index in [1.165, 1.54) is 0 Å². The van der Waals surface area contributed by atoms with Gasteiger partial charge in [-0.25, -0.2) is 0 Å². The molecule has 0 saturated heterocycles. The van der Waals surface area contributed by atoms with Crippen molar-refractivity contribution in [3.05, 3.63) is 9.75 Å². The Hall–Kier alpha value is -3.50. The molecular formula is C32H28O10S5+2. The molecule has 5 aromatic heterocycles. The lowest BCUT2D eigenvalue weighted by Crippen LogP contribution is -2.16. The largest absolute Gasteiger partial charge is 0.577 e. The zero-order valence-electron chi connectivity index (χ0n) is 25.3. The Morgan fingerprint density at radius 3 is 0.894 bits per heavy atom. The van der Waals surface area contributed by atoms with E-state index in [0.717, 1.165) is 94.8 Å². The molecule has 5 aromatic rings. The summed E-state index contributed by atoms with van der Waals surface area (Å²) in [5.74, 6) is 7.89. The highest BCUT2D eigenvalue weighted by molar-refractivity contribution is 7.31. The molecule has 2 N–H and O–H groups in total. The molecule has 10 nitrogen and oxygen atoms in total. The summed E-state index contributed by atoms with van der Waals surface area (Å²) in [6, 6.07) is 0. The van der Waals surface area contributed by atoms with Crippen LogP contribution in [0.5, 0.6) is 57.5 Å². The van der Waals surface area contributed by atoms with Crippen LogP contribution in [0.25, 0.3) is 39.0 Å². The molecule has 0 radical (unpaired) electrons. The van der Waals surface area contributed by atoms with Crippen molar-refractivity contribution in [1.29, 1.82) is 0 Å². The van der Waals surface area contributed by atoms with E-state index in [0.29, 0.717) is 77.6 Å². The first-order valence-electron chi connectivity index (χ1n) is 15.3. The van der Waals surface area contributed by atoms with Crippen molar-refractivity contribution in [2.24, 2.45) is 0 Å². The maximum atomic E-state index is 6.39. The summed E-state index contributed by atoms with van der Waals surface area (Å²) in [5, 5.41) is 0. The molecule has 47 heavy (non-hydrogen) atoms.